The number of anilines is 1. The monoisotopic (exact) mass is 283 g/mol. The fourth-order valence-corrected chi connectivity index (χ4v) is 2.48. The number of thioether (sulfide) groups is 1. The molecule has 0 saturated carbocycles. The van der Waals surface area contributed by atoms with Crippen LogP contribution in [-0.4, -0.2) is 27.3 Å². The maximum Gasteiger partial charge on any atom is 0.316 e. The van der Waals surface area contributed by atoms with E-state index in [-0.39, 0.29) is 17.6 Å². The van der Waals surface area contributed by atoms with E-state index in [1.165, 1.54) is 18.1 Å². The van der Waals surface area contributed by atoms with Gasteiger partial charge in [-0.2, -0.15) is 0 Å². The van der Waals surface area contributed by atoms with Gasteiger partial charge in [-0.05, 0) is 26.7 Å². The molecule has 0 atom stereocenters. The third-order valence-corrected chi connectivity index (χ3v) is 3.18. The number of ether oxygens (including phenoxy) is 1. The van der Waals surface area contributed by atoms with Crippen LogP contribution >= 0.6 is 11.8 Å². The summed E-state index contributed by atoms with van der Waals surface area (Å²) in [7, 11) is 0. The van der Waals surface area contributed by atoms with Crippen molar-refractivity contribution in [1.82, 2.24) is 9.97 Å². The molecule has 0 fully saturated rings. The number of hydrogen-bond acceptors (Lipinski definition) is 6. The average Bonchev–Trinajstić information content (AvgIpc) is 2.23. The van der Waals surface area contributed by atoms with Crippen LogP contribution in [0.1, 0.15) is 46.1 Å². The lowest BCUT2D eigenvalue weighted by Crippen LogP contribution is -2.25. The molecule has 0 unspecified atom stereocenters. The fraction of sp³-hybridized carbons (Fsp3) is 0.615. The maximum atomic E-state index is 11.7. The first-order chi connectivity index (χ1) is 8.70. The van der Waals surface area contributed by atoms with E-state index in [9.17, 15) is 4.79 Å². The molecule has 0 radical (unpaired) electrons. The molecule has 5 nitrogen and oxygen atoms in total. The second-order valence-corrected chi connectivity index (χ2v) is 6.47. The van der Waals surface area contributed by atoms with Crippen molar-refractivity contribution in [2.45, 2.75) is 51.2 Å². The Morgan fingerprint density at radius 2 is 2.05 bits per heavy atom. The fourth-order valence-electron chi connectivity index (χ4n) is 1.55. The van der Waals surface area contributed by atoms with Gasteiger partial charge in [0.1, 0.15) is 22.8 Å². The Hall–Kier alpha value is -1.30. The lowest BCUT2D eigenvalue weighted by atomic mass is 10.1. The van der Waals surface area contributed by atoms with E-state index in [0.29, 0.717) is 5.82 Å². The molecule has 0 spiro atoms. The summed E-state index contributed by atoms with van der Waals surface area (Å²) in [6.07, 6.45) is 1.42. The molecule has 0 amide bonds. The van der Waals surface area contributed by atoms with Crippen LogP contribution in [0.2, 0.25) is 0 Å². The van der Waals surface area contributed by atoms with Gasteiger partial charge in [0.2, 0.25) is 0 Å². The number of nitrogens with zero attached hydrogens (tertiary/aromatic N) is 2. The van der Waals surface area contributed by atoms with Gasteiger partial charge in [0.15, 0.2) is 0 Å². The number of carbonyl (C=O) groups is 1. The van der Waals surface area contributed by atoms with E-state index in [0.717, 1.165) is 10.6 Å². The van der Waals surface area contributed by atoms with Crippen LogP contribution < -0.4 is 5.73 Å². The predicted octanol–water partition coefficient (Wildman–Crippen LogP) is 2.62. The van der Waals surface area contributed by atoms with Gasteiger partial charge in [-0.15, -0.1) is 0 Å². The number of nitrogen functional groups attached to an aromatic ring is 1. The third kappa shape index (κ3) is 5.06. The second-order valence-electron chi connectivity index (χ2n) is 5.51. The smallest absolute Gasteiger partial charge is 0.316 e. The van der Waals surface area contributed by atoms with E-state index in [1.807, 2.05) is 34.6 Å². The maximum absolute atomic E-state index is 11.7. The predicted molar refractivity (Wildman–Crippen MR) is 77.1 cm³/mol. The quantitative estimate of drug-likeness (QED) is 0.520. The molecule has 0 saturated heterocycles. The molecule has 1 aromatic heterocycles. The molecule has 0 aliphatic heterocycles. The number of rotatable bonds is 4. The Bertz CT molecular complexity index is 456. The van der Waals surface area contributed by atoms with Crippen LogP contribution in [0.4, 0.5) is 5.82 Å². The van der Waals surface area contributed by atoms with Gasteiger partial charge in [0, 0.05) is 5.56 Å². The summed E-state index contributed by atoms with van der Waals surface area (Å²) >= 11 is 1.33. The van der Waals surface area contributed by atoms with Crippen LogP contribution in [-0.2, 0) is 9.53 Å². The topological polar surface area (TPSA) is 78.1 Å². The first kappa shape index (κ1) is 15.8. The van der Waals surface area contributed by atoms with E-state index < -0.39 is 5.60 Å². The molecule has 1 aromatic rings. The van der Waals surface area contributed by atoms with Gasteiger partial charge in [-0.1, -0.05) is 25.6 Å². The lowest BCUT2D eigenvalue weighted by Gasteiger charge is -2.19. The van der Waals surface area contributed by atoms with Gasteiger partial charge in [-0.3, -0.25) is 4.79 Å². The van der Waals surface area contributed by atoms with Crippen molar-refractivity contribution in [3.63, 3.8) is 0 Å². The third-order valence-electron chi connectivity index (χ3n) is 2.20. The molecule has 19 heavy (non-hydrogen) atoms. The average molecular weight is 283 g/mol. The molecule has 0 bridgehead atoms. The summed E-state index contributed by atoms with van der Waals surface area (Å²) in [6, 6.07) is 0. The second kappa shape index (κ2) is 6.23. The van der Waals surface area contributed by atoms with Gasteiger partial charge in [-0.25, -0.2) is 9.97 Å². The molecule has 2 N–H and O–H groups in total. The van der Waals surface area contributed by atoms with Crippen molar-refractivity contribution in [3.05, 3.63) is 11.9 Å². The minimum absolute atomic E-state index is 0.210. The first-order valence-corrected chi connectivity index (χ1v) is 7.14. The molecule has 0 aliphatic carbocycles. The zero-order valence-electron chi connectivity index (χ0n) is 12.1. The zero-order valence-corrected chi connectivity index (χ0v) is 12.9. The Labute approximate surface area is 118 Å². The summed E-state index contributed by atoms with van der Waals surface area (Å²) in [6.45, 7) is 9.58. The lowest BCUT2D eigenvalue weighted by molar-refractivity contribution is -0.151. The largest absolute Gasteiger partial charge is 0.459 e. The standard InChI is InChI=1S/C13H21N3O2S/c1-8(2)10-11(14)15-7-16-12(10)19-6-9(17)18-13(3,4)5/h7-8H,6H2,1-5H3,(H2,14,15,16). The van der Waals surface area contributed by atoms with Crippen molar-refractivity contribution < 1.29 is 9.53 Å². The van der Waals surface area contributed by atoms with Gasteiger partial charge >= 0.3 is 5.97 Å². The molecule has 0 aromatic carbocycles. The SMILES string of the molecule is CC(C)c1c(N)ncnc1SCC(=O)OC(C)(C)C. The highest BCUT2D eigenvalue weighted by atomic mass is 32.2. The molecular weight excluding hydrogens is 262 g/mol. The number of nitrogens with two attached hydrogens (primary N) is 1. The number of hydrogen-bond donors (Lipinski definition) is 1. The summed E-state index contributed by atoms with van der Waals surface area (Å²) in [5.41, 5.74) is 6.27. The van der Waals surface area contributed by atoms with Crippen molar-refractivity contribution in [2.24, 2.45) is 0 Å². The molecule has 1 rings (SSSR count). The zero-order chi connectivity index (χ0) is 14.6. The summed E-state index contributed by atoms with van der Waals surface area (Å²) in [5, 5.41) is 0.744. The molecule has 106 valence electrons. The van der Waals surface area contributed by atoms with Crippen LogP contribution in [0.15, 0.2) is 11.4 Å². The normalized spacial score (nSPS) is 11.7. The molecule has 1 heterocycles. The van der Waals surface area contributed by atoms with E-state index in [2.05, 4.69) is 9.97 Å². The van der Waals surface area contributed by atoms with Crippen molar-refractivity contribution >= 4 is 23.5 Å². The first-order valence-electron chi connectivity index (χ1n) is 6.15. The van der Waals surface area contributed by atoms with E-state index in [4.69, 9.17) is 10.5 Å². The Morgan fingerprint density at radius 3 is 2.58 bits per heavy atom. The highest BCUT2D eigenvalue weighted by Gasteiger charge is 2.18. The van der Waals surface area contributed by atoms with Crippen molar-refractivity contribution in [2.75, 3.05) is 11.5 Å². The van der Waals surface area contributed by atoms with E-state index >= 15 is 0 Å². The highest BCUT2D eigenvalue weighted by Crippen LogP contribution is 2.29. The minimum Gasteiger partial charge on any atom is -0.459 e. The van der Waals surface area contributed by atoms with Crippen LogP contribution in [0.25, 0.3) is 0 Å². The van der Waals surface area contributed by atoms with Crippen molar-refractivity contribution in [1.29, 1.82) is 0 Å². The highest BCUT2D eigenvalue weighted by molar-refractivity contribution is 7.99. The number of carbonyl (C=O) groups excluding carboxylic acids is 1. The summed E-state index contributed by atoms with van der Waals surface area (Å²) in [5.74, 6) is 0.636. The summed E-state index contributed by atoms with van der Waals surface area (Å²) < 4.78 is 5.26. The molecule has 0 aliphatic rings. The Balaban J connectivity index is 2.73. The molecular formula is C13H21N3O2S. The number of esters is 1. The Morgan fingerprint density at radius 1 is 1.42 bits per heavy atom. The number of aromatic nitrogens is 2. The summed E-state index contributed by atoms with van der Waals surface area (Å²) in [4.78, 5) is 19.9. The van der Waals surface area contributed by atoms with Crippen LogP contribution in [0.5, 0.6) is 0 Å². The van der Waals surface area contributed by atoms with Gasteiger partial charge in [0.25, 0.3) is 0 Å². The van der Waals surface area contributed by atoms with Gasteiger partial charge in [0.05, 0.1) is 5.75 Å². The van der Waals surface area contributed by atoms with E-state index in [1.54, 1.807) is 0 Å². The Kier molecular flexibility index (Phi) is 5.17. The minimum atomic E-state index is -0.469. The van der Waals surface area contributed by atoms with Gasteiger partial charge < -0.3 is 10.5 Å². The van der Waals surface area contributed by atoms with Crippen LogP contribution in [0.3, 0.4) is 0 Å². The molecule has 6 heteroatoms. The van der Waals surface area contributed by atoms with Crippen LogP contribution in [0, 0.1) is 0 Å². The van der Waals surface area contributed by atoms with Crippen molar-refractivity contribution in [3.8, 4) is 0 Å².